The molecular weight excluding hydrogens is 304 g/mol. The monoisotopic (exact) mass is 336 g/mol. The molecule has 1 aromatic rings. The molecule has 0 spiro atoms. The predicted molar refractivity (Wildman–Crippen MR) is 96.0 cm³/mol. The minimum Gasteiger partial charge on any atom is -0.381 e. The Bertz CT molecular complexity index is 488. The van der Waals surface area contributed by atoms with Crippen molar-refractivity contribution in [1.29, 1.82) is 0 Å². The van der Waals surface area contributed by atoms with Crippen molar-refractivity contribution in [3.63, 3.8) is 0 Å². The van der Waals surface area contributed by atoms with Crippen molar-refractivity contribution in [2.75, 3.05) is 21.3 Å². The van der Waals surface area contributed by atoms with Gasteiger partial charge in [0.2, 0.25) is 0 Å². The molecule has 1 rings (SSSR count). The second-order valence-electron chi connectivity index (χ2n) is 6.59. The van der Waals surface area contributed by atoms with Crippen LogP contribution in [0.5, 0.6) is 0 Å². The predicted octanol–water partition coefficient (Wildman–Crippen LogP) is 3.90. The first kappa shape index (κ1) is 20.8. The van der Waals surface area contributed by atoms with E-state index in [2.05, 4.69) is 26.0 Å². The van der Waals surface area contributed by atoms with E-state index in [1.165, 1.54) is 0 Å². The first-order chi connectivity index (χ1) is 11.4. The summed E-state index contributed by atoms with van der Waals surface area (Å²) in [4.78, 5) is 11.8. The van der Waals surface area contributed by atoms with E-state index in [4.69, 9.17) is 14.2 Å². The van der Waals surface area contributed by atoms with Gasteiger partial charge >= 0.3 is 0 Å². The molecule has 6 atom stereocenters. The fourth-order valence-electron chi connectivity index (χ4n) is 3.67. The average Bonchev–Trinajstić information content (AvgIpc) is 2.57. The Morgan fingerprint density at radius 1 is 0.833 bits per heavy atom. The van der Waals surface area contributed by atoms with Crippen molar-refractivity contribution in [3.8, 4) is 0 Å². The van der Waals surface area contributed by atoms with Crippen LogP contribution in [0.2, 0.25) is 0 Å². The van der Waals surface area contributed by atoms with Crippen LogP contribution >= 0.6 is 0 Å². The summed E-state index contributed by atoms with van der Waals surface area (Å²) in [6.07, 6.45) is -0.367. The molecule has 0 amide bonds. The molecule has 136 valence electrons. The molecule has 0 aliphatic heterocycles. The van der Waals surface area contributed by atoms with Crippen molar-refractivity contribution in [2.24, 2.45) is 17.8 Å². The van der Waals surface area contributed by atoms with Gasteiger partial charge < -0.3 is 14.2 Å². The lowest BCUT2D eigenvalue weighted by Crippen LogP contribution is -2.43. The number of hydrogen-bond acceptors (Lipinski definition) is 4. The molecule has 0 aromatic heterocycles. The lowest BCUT2D eigenvalue weighted by atomic mass is 9.79. The quantitative estimate of drug-likeness (QED) is 0.650. The SMILES string of the molecule is CO[C@H]([C@@H](C)[C@H](OC)c1ccccc1)[C@H](C)[C@H](OC)[C@@H](C)C(C)=O. The van der Waals surface area contributed by atoms with Gasteiger partial charge in [-0.2, -0.15) is 0 Å². The summed E-state index contributed by atoms with van der Waals surface area (Å²) < 4.78 is 17.2. The highest BCUT2D eigenvalue weighted by molar-refractivity contribution is 5.78. The van der Waals surface area contributed by atoms with E-state index in [0.717, 1.165) is 5.56 Å². The number of hydrogen-bond donors (Lipinski definition) is 0. The maximum absolute atomic E-state index is 11.8. The molecule has 0 aliphatic rings. The lowest BCUT2D eigenvalue weighted by Gasteiger charge is -2.37. The first-order valence-electron chi connectivity index (χ1n) is 8.52. The number of Topliss-reactive ketones (excluding diaryl/α,β-unsaturated/α-hetero) is 1. The van der Waals surface area contributed by atoms with Gasteiger partial charge in [0, 0.05) is 39.1 Å². The second-order valence-corrected chi connectivity index (χ2v) is 6.59. The topological polar surface area (TPSA) is 44.8 Å². The third kappa shape index (κ3) is 4.88. The molecule has 0 heterocycles. The molecule has 4 heteroatoms. The molecule has 0 radical (unpaired) electrons. The molecule has 0 fully saturated rings. The van der Waals surface area contributed by atoms with Crippen LogP contribution in [0.1, 0.15) is 39.4 Å². The van der Waals surface area contributed by atoms with Crippen LogP contribution < -0.4 is 0 Å². The highest BCUT2D eigenvalue weighted by Gasteiger charge is 2.37. The van der Waals surface area contributed by atoms with E-state index in [1.54, 1.807) is 28.3 Å². The molecule has 0 aliphatic carbocycles. The van der Waals surface area contributed by atoms with E-state index in [-0.39, 0.29) is 41.8 Å². The second kappa shape index (κ2) is 9.92. The van der Waals surface area contributed by atoms with E-state index in [9.17, 15) is 4.79 Å². The summed E-state index contributed by atoms with van der Waals surface area (Å²) in [5.74, 6) is 0.111. The van der Waals surface area contributed by atoms with E-state index >= 15 is 0 Å². The molecule has 1 aromatic carbocycles. The average molecular weight is 336 g/mol. The van der Waals surface area contributed by atoms with Gasteiger partial charge in [0.15, 0.2) is 0 Å². The number of carbonyl (C=O) groups is 1. The van der Waals surface area contributed by atoms with Crippen molar-refractivity contribution in [1.82, 2.24) is 0 Å². The largest absolute Gasteiger partial charge is 0.381 e. The first-order valence-corrected chi connectivity index (χ1v) is 8.52. The number of ketones is 1. The molecule has 24 heavy (non-hydrogen) atoms. The molecule has 0 saturated carbocycles. The normalized spacial score (nSPS) is 19.1. The highest BCUT2D eigenvalue weighted by atomic mass is 16.5. The zero-order valence-corrected chi connectivity index (χ0v) is 16.0. The molecule has 0 saturated heterocycles. The van der Waals surface area contributed by atoms with Crippen LogP contribution in [0.4, 0.5) is 0 Å². The third-order valence-electron chi connectivity index (χ3n) is 5.09. The van der Waals surface area contributed by atoms with Crippen LogP contribution in [0.15, 0.2) is 30.3 Å². The van der Waals surface area contributed by atoms with Crippen molar-refractivity contribution in [3.05, 3.63) is 35.9 Å². The molecule has 0 unspecified atom stereocenters. The summed E-state index contributed by atoms with van der Waals surface area (Å²) in [5, 5.41) is 0. The lowest BCUT2D eigenvalue weighted by molar-refractivity contribution is -0.131. The Labute approximate surface area is 146 Å². The maximum Gasteiger partial charge on any atom is 0.135 e. The van der Waals surface area contributed by atoms with Crippen LogP contribution in [-0.4, -0.2) is 39.3 Å². The number of carbonyl (C=O) groups excluding carboxylic acids is 1. The van der Waals surface area contributed by atoms with Crippen LogP contribution in [-0.2, 0) is 19.0 Å². The minimum absolute atomic E-state index is 0.0512. The number of methoxy groups -OCH3 is 3. The van der Waals surface area contributed by atoms with Crippen molar-refractivity contribution in [2.45, 2.75) is 46.0 Å². The van der Waals surface area contributed by atoms with Crippen LogP contribution in [0.3, 0.4) is 0 Å². The molecular formula is C20H32O4. The summed E-state index contributed by atoms with van der Waals surface area (Å²) in [5.41, 5.74) is 1.12. The van der Waals surface area contributed by atoms with Gasteiger partial charge in [-0.3, -0.25) is 4.79 Å². The third-order valence-corrected chi connectivity index (χ3v) is 5.09. The fraction of sp³-hybridized carbons (Fsp3) is 0.650. The van der Waals surface area contributed by atoms with Gasteiger partial charge in [0.1, 0.15) is 5.78 Å². The highest BCUT2D eigenvalue weighted by Crippen LogP contribution is 2.34. The summed E-state index contributed by atoms with van der Waals surface area (Å²) in [6, 6.07) is 10.1. The standard InChI is InChI=1S/C20H32O4/c1-13(16(4)21)18(22-5)14(2)19(23-6)15(3)20(24-7)17-11-9-8-10-12-17/h8-15,18-20H,1-7H3/t13-,14+,15+,18+,19-,20-/m0/s1. The Kier molecular flexibility index (Phi) is 8.60. The van der Waals surface area contributed by atoms with E-state index in [1.807, 2.05) is 25.1 Å². The Balaban J connectivity index is 3.02. The summed E-state index contributed by atoms with van der Waals surface area (Å²) in [7, 11) is 5.08. The van der Waals surface area contributed by atoms with Gasteiger partial charge in [-0.1, -0.05) is 51.1 Å². The van der Waals surface area contributed by atoms with Gasteiger partial charge in [-0.25, -0.2) is 0 Å². The Morgan fingerprint density at radius 3 is 1.79 bits per heavy atom. The van der Waals surface area contributed by atoms with Crippen LogP contribution in [0.25, 0.3) is 0 Å². The summed E-state index contributed by atoms with van der Waals surface area (Å²) >= 11 is 0. The van der Waals surface area contributed by atoms with Crippen molar-refractivity contribution < 1.29 is 19.0 Å². The summed E-state index contributed by atoms with van der Waals surface area (Å²) in [6.45, 7) is 7.72. The minimum atomic E-state index is -0.192. The van der Waals surface area contributed by atoms with Gasteiger partial charge in [0.05, 0.1) is 18.3 Å². The fourth-order valence-corrected chi connectivity index (χ4v) is 3.67. The molecule has 4 nitrogen and oxygen atoms in total. The number of benzene rings is 1. The zero-order chi connectivity index (χ0) is 18.3. The maximum atomic E-state index is 11.8. The Morgan fingerprint density at radius 2 is 1.38 bits per heavy atom. The van der Waals surface area contributed by atoms with Gasteiger partial charge in [-0.05, 0) is 12.5 Å². The van der Waals surface area contributed by atoms with Crippen LogP contribution in [0, 0.1) is 17.8 Å². The van der Waals surface area contributed by atoms with Gasteiger partial charge in [-0.15, -0.1) is 0 Å². The Hall–Kier alpha value is -1.23. The van der Waals surface area contributed by atoms with Crippen molar-refractivity contribution >= 4 is 5.78 Å². The molecule has 0 bridgehead atoms. The zero-order valence-electron chi connectivity index (χ0n) is 16.0. The van der Waals surface area contributed by atoms with E-state index in [0.29, 0.717) is 0 Å². The number of ether oxygens (including phenoxy) is 3. The number of rotatable bonds is 10. The molecule has 0 N–H and O–H groups in total. The van der Waals surface area contributed by atoms with E-state index < -0.39 is 0 Å². The van der Waals surface area contributed by atoms with Gasteiger partial charge in [0.25, 0.3) is 0 Å². The smallest absolute Gasteiger partial charge is 0.135 e.